The summed E-state index contributed by atoms with van der Waals surface area (Å²) in [5.74, 6) is 0.944. The van der Waals surface area contributed by atoms with Crippen molar-refractivity contribution in [2.45, 2.75) is 44.7 Å². The zero-order valence-electron chi connectivity index (χ0n) is 12.0. The quantitative estimate of drug-likeness (QED) is 0.860. The minimum atomic E-state index is 0.421. The Bertz CT molecular complexity index is 470. The number of benzene rings is 1. The van der Waals surface area contributed by atoms with Crippen molar-refractivity contribution >= 4 is 17.3 Å². The summed E-state index contributed by atoms with van der Waals surface area (Å²) in [6.07, 6.45) is 4.92. The number of ether oxygens (including phenoxy) is 1. The van der Waals surface area contributed by atoms with E-state index in [1.54, 1.807) is 0 Å². The van der Waals surface area contributed by atoms with Crippen molar-refractivity contribution in [1.82, 2.24) is 10.2 Å². The van der Waals surface area contributed by atoms with Gasteiger partial charge in [0.2, 0.25) is 0 Å². The first-order chi connectivity index (χ1) is 9.78. The molecule has 108 valence electrons. The first-order valence-corrected chi connectivity index (χ1v) is 7.98. The van der Waals surface area contributed by atoms with Crippen LogP contribution in [0.3, 0.4) is 0 Å². The van der Waals surface area contributed by atoms with Crippen LogP contribution in [0.1, 0.15) is 44.2 Å². The summed E-state index contributed by atoms with van der Waals surface area (Å²) in [6, 6.07) is 9.52. The van der Waals surface area contributed by atoms with E-state index in [4.69, 9.17) is 17.0 Å². The SMILES string of the molecule is CCOc1ccc([C@H]2CCCN2C(=S)NC2CC2)cc1. The average molecular weight is 290 g/mol. The summed E-state index contributed by atoms with van der Waals surface area (Å²) >= 11 is 5.56. The Morgan fingerprint density at radius 1 is 1.30 bits per heavy atom. The minimum Gasteiger partial charge on any atom is -0.494 e. The van der Waals surface area contributed by atoms with E-state index in [-0.39, 0.29) is 0 Å². The fourth-order valence-corrected chi connectivity index (χ4v) is 3.18. The molecule has 1 aliphatic heterocycles. The fraction of sp³-hybridized carbons (Fsp3) is 0.562. The number of likely N-dealkylation sites (tertiary alicyclic amines) is 1. The van der Waals surface area contributed by atoms with Gasteiger partial charge in [-0.2, -0.15) is 0 Å². The molecule has 1 aromatic carbocycles. The molecule has 4 heteroatoms. The second-order valence-electron chi connectivity index (χ2n) is 5.58. The fourth-order valence-electron chi connectivity index (χ4n) is 2.79. The Labute approximate surface area is 126 Å². The predicted molar refractivity (Wildman–Crippen MR) is 85.0 cm³/mol. The largest absolute Gasteiger partial charge is 0.494 e. The van der Waals surface area contributed by atoms with Crippen LogP contribution in [0.2, 0.25) is 0 Å². The van der Waals surface area contributed by atoms with Crippen molar-refractivity contribution in [3.05, 3.63) is 29.8 Å². The summed E-state index contributed by atoms with van der Waals surface area (Å²) < 4.78 is 5.51. The van der Waals surface area contributed by atoms with Crippen LogP contribution in [0, 0.1) is 0 Å². The van der Waals surface area contributed by atoms with Gasteiger partial charge in [0.15, 0.2) is 5.11 Å². The lowest BCUT2D eigenvalue weighted by atomic mass is 10.0. The zero-order valence-corrected chi connectivity index (χ0v) is 12.8. The zero-order chi connectivity index (χ0) is 13.9. The highest BCUT2D eigenvalue weighted by molar-refractivity contribution is 7.80. The molecule has 20 heavy (non-hydrogen) atoms. The molecule has 1 saturated carbocycles. The van der Waals surface area contributed by atoms with Gasteiger partial charge < -0.3 is 15.0 Å². The molecule has 1 aliphatic carbocycles. The van der Waals surface area contributed by atoms with Crippen LogP contribution >= 0.6 is 12.2 Å². The number of nitrogens with one attached hydrogen (secondary N) is 1. The van der Waals surface area contributed by atoms with Gasteiger partial charge in [-0.15, -0.1) is 0 Å². The standard InChI is InChI=1S/C16H22N2OS/c1-2-19-14-9-5-12(6-10-14)15-4-3-11-18(15)16(20)17-13-7-8-13/h5-6,9-10,13,15H,2-4,7-8,11H2,1H3,(H,17,20)/t15-/m1/s1. The molecule has 0 spiro atoms. The third kappa shape index (κ3) is 3.06. The Balaban J connectivity index is 1.68. The lowest BCUT2D eigenvalue weighted by molar-refractivity contribution is 0.339. The molecular formula is C16H22N2OS. The monoisotopic (exact) mass is 290 g/mol. The highest BCUT2D eigenvalue weighted by atomic mass is 32.1. The van der Waals surface area contributed by atoms with Crippen LogP contribution in [0.25, 0.3) is 0 Å². The Hall–Kier alpha value is -1.29. The summed E-state index contributed by atoms with van der Waals surface area (Å²) in [5.41, 5.74) is 1.34. The molecule has 1 N–H and O–H groups in total. The Morgan fingerprint density at radius 3 is 2.70 bits per heavy atom. The van der Waals surface area contributed by atoms with Crippen molar-refractivity contribution in [1.29, 1.82) is 0 Å². The maximum absolute atomic E-state index is 5.56. The summed E-state index contributed by atoms with van der Waals surface area (Å²) in [5, 5.41) is 4.39. The van der Waals surface area contributed by atoms with Gasteiger partial charge >= 0.3 is 0 Å². The van der Waals surface area contributed by atoms with Crippen LogP contribution in [0.15, 0.2) is 24.3 Å². The molecular weight excluding hydrogens is 268 g/mol. The Kier molecular flexibility index (Phi) is 4.10. The summed E-state index contributed by atoms with van der Waals surface area (Å²) in [7, 11) is 0. The number of hydrogen-bond donors (Lipinski definition) is 1. The van der Waals surface area contributed by atoms with Crippen molar-refractivity contribution in [3.63, 3.8) is 0 Å². The molecule has 0 bridgehead atoms. The molecule has 0 amide bonds. The molecule has 2 fully saturated rings. The van der Waals surface area contributed by atoms with E-state index in [0.717, 1.165) is 17.4 Å². The van der Waals surface area contributed by atoms with E-state index in [0.29, 0.717) is 18.7 Å². The van der Waals surface area contributed by atoms with E-state index in [1.165, 1.54) is 31.2 Å². The van der Waals surface area contributed by atoms with Gasteiger partial charge in [-0.3, -0.25) is 0 Å². The molecule has 1 saturated heterocycles. The van der Waals surface area contributed by atoms with Crippen molar-refractivity contribution in [2.75, 3.05) is 13.2 Å². The van der Waals surface area contributed by atoms with Gasteiger partial charge in [-0.05, 0) is 62.5 Å². The number of rotatable bonds is 4. The molecule has 2 aliphatic rings. The van der Waals surface area contributed by atoms with Crippen LogP contribution in [-0.4, -0.2) is 29.2 Å². The molecule has 1 aromatic rings. The van der Waals surface area contributed by atoms with Gasteiger partial charge in [0.25, 0.3) is 0 Å². The Morgan fingerprint density at radius 2 is 2.05 bits per heavy atom. The summed E-state index contributed by atoms with van der Waals surface area (Å²) in [4.78, 5) is 2.35. The van der Waals surface area contributed by atoms with Crippen molar-refractivity contribution in [3.8, 4) is 5.75 Å². The average Bonchev–Trinajstić information content (AvgIpc) is 3.13. The third-order valence-electron chi connectivity index (χ3n) is 3.99. The maximum Gasteiger partial charge on any atom is 0.169 e. The van der Waals surface area contributed by atoms with Crippen LogP contribution in [0.5, 0.6) is 5.75 Å². The highest BCUT2D eigenvalue weighted by Gasteiger charge is 2.30. The number of thiocarbonyl (C=S) groups is 1. The second-order valence-corrected chi connectivity index (χ2v) is 5.96. The lowest BCUT2D eigenvalue weighted by Crippen LogP contribution is -2.40. The third-order valence-corrected chi connectivity index (χ3v) is 4.35. The van der Waals surface area contributed by atoms with Crippen molar-refractivity contribution < 1.29 is 4.74 Å². The normalized spacial score (nSPS) is 21.9. The molecule has 0 radical (unpaired) electrons. The lowest BCUT2D eigenvalue weighted by Gasteiger charge is -2.28. The first kappa shape index (κ1) is 13.7. The second kappa shape index (κ2) is 6.00. The number of nitrogens with zero attached hydrogens (tertiary/aromatic N) is 1. The smallest absolute Gasteiger partial charge is 0.169 e. The van der Waals surface area contributed by atoms with Crippen molar-refractivity contribution in [2.24, 2.45) is 0 Å². The van der Waals surface area contributed by atoms with E-state index >= 15 is 0 Å². The molecule has 3 nitrogen and oxygen atoms in total. The van der Waals surface area contributed by atoms with Gasteiger partial charge in [-0.1, -0.05) is 12.1 Å². The van der Waals surface area contributed by atoms with E-state index in [2.05, 4.69) is 34.5 Å². The molecule has 0 aromatic heterocycles. The van der Waals surface area contributed by atoms with E-state index in [1.807, 2.05) is 6.92 Å². The first-order valence-electron chi connectivity index (χ1n) is 7.58. The molecule has 1 heterocycles. The van der Waals surface area contributed by atoms with Gasteiger partial charge in [0, 0.05) is 12.6 Å². The molecule has 1 atom stereocenters. The predicted octanol–water partition coefficient (Wildman–Crippen LogP) is 3.26. The van der Waals surface area contributed by atoms with Gasteiger partial charge in [0.05, 0.1) is 12.6 Å². The number of hydrogen-bond acceptors (Lipinski definition) is 2. The highest BCUT2D eigenvalue weighted by Crippen LogP contribution is 2.33. The van der Waals surface area contributed by atoms with Crippen LogP contribution in [0.4, 0.5) is 0 Å². The van der Waals surface area contributed by atoms with E-state index < -0.39 is 0 Å². The summed E-state index contributed by atoms with van der Waals surface area (Å²) in [6.45, 7) is 3.79. The van der Waals surface area contributed by atoms with Crippen LogP contribution < -0.4 is 10.1 Å². The van der Waals surface area contributed by atoms with Gasteiger partial charge in [0.1, 0.15) is 5.75 Å². The van der Waals surface area contributed by atoms with Crippen LogP contribution in [-0.2, 0) is 0 Å². The molecule has 0 unspecified atom stereocenters. The molecule has 3 rings (SSSR count). The van der Waals surface area contributed by atoms with E-state index in [9.17, 15) is 0 Å². The van der Waals surface area contributed by atoms with Gasteiger partial charge in [-0.25, -0.2) is 0 Å². The maximum atomic E-state index is 5.56. The minimum absolute atomic E-state index is 0.421. The topological polar surface area (TPSA) is 24.5 Å².